The number of thiazole rings is 1. The third-order valence-electron chi connectivity index (χ3n) is 3.33. The highest BCUT2D eigenvalue weighted by Gasteiger charge is 2.11. The smallest absolute Gasteiger partial charge is 0.257 e. The summed E-state index contributed by atoms with van der Waals surface area (Å²) in [5, 5.41) is 5.02. The Balaban J connectivity index is 1.71. The lowest BCUT2D eigenvalue weighted by Gasteiger charge is -2.09. The zero-order valence-corrected chi connectivity index (χ0v) is 14.6. The maximum absolute atomic E-state index is 13.2. The Morgan fingerprint density at radius 3 is 2.64 bits per heavy atom. The van der Waals surface area contributed by atoms with E-state index in [1.807, 2.05) is 43.5 Å². The number of rotatable bonds is 5. The molecule has 2 aromatic carbocycles. The van der Waals surface area contributed by atoms with E-state index in [2.05, 4.69) is 10.3 Å². The third-order valence-corrected chi connectivity index (χ3v) is 4.09. The largest absolute Gasteiger partial charge is 0.491 e. The van der Waals surface area contributed by atoms with Crippen LogP contribution < -0.4 is 10.1 Å². The third kappa shape index (κ3) is 4.42. The van der Waals surface area contributed by atoms with Gasteiger partial charge >= 0.3 is 0 Å². The van der Waals surface area contributed by atoms with E-state index in [9.17, 15) is 9.18 Å². The zero-order valence-electron chi connectivity index (χ0n) is 13.8. The average Bonchev–Trinajstić information content (AvgIpc) is 3.03. The quantitative estimate of drug-likeness (QED) is 0.701. The van der Waals surface area contributed by atoms with Gasteiger partial charge in [-0.2, -0.15) is 0 Å². The van der Waals surface area contributed by atoms with Crippen molar-refractivity contribution in [3.8, 4) is 17.0 Å². The van der Waals surface area contributed by atoms with Crippen molar-refractivity contribution in [3.63, 3.8) is 0 Å². The second-order valence-electron chi connectivity index (χ2n) is 5.69. The van der Waals surface area contributed by atoms with Gasteiger partial charge < -0.3 is 4.74 Å². The van der Waals surface area contributed by atoms with Crippen molar-refractivity contribution in [2.24, 2.45) is 0 Å². The molecule has 6 heteroatoms. The van der Waals surface area contributed by atoms with Gasteiger partial charge in [0.25, 0.3) is 5.91 Å². The van der Waals surface area contributed by atoms with Crippen molar-refractivity contribution in [1.29, 1.82) is 0 Å². The van der Waals surface area contributed by atoms with Crippen molar-refractivity contribution >= 4 is 22.4 Å². The molecule has 3 aromatic rings. The van der Waals surface area contributed by atoms with E-state index in [1.165, 1.54) is 29.5 Å². The van der Waals surface area contributed by atoms with Gasteiger partial charge in [0, 0.05) is 16.5 Å². The monoisotopic (exact) mass is 356 g/mol. The lowest BCUT2D eigenvalue weighted by Crippen LogP contribution is -2.11. The van der Waals surface area contributed by atoms with E-state index < -0.39 is 5.82 Å². The second-order valence-corrected chi connectivity index (χ2v) is 6.55. The van der Waals surface area contributed by atoms with Crippen molar-refractivity contribution < 1.29 is 13.9 Å². The van der Waals surface area contributed by atoms with Gasteiger partial charge in [-0.05, 0) is 56.3 Å². The minimum Gasteiger partial charge on any atom is -0.491 e. The molecular weight excluding hydrogens is 339 g/mol. The van der Waals surface area contributed by atoms with E-state index in [-0.39, 0.29) is 17.6 Å². The SMILES string of the molecule is CC(C)Oc1ccc(-c2csc(NC(=O)c3cccc(F)c3)n2)cc1. The van der Waals surface area contributed by atoms with Crippen LogP contribution in [0.25, 0.3) is 11.3 Å². The normalized spacial score (nSPS) is 10.7. The van der Waals surface area contributed by atoms with Crippen molar-refractivity contribution in [2.45, 2.75) is 20.0 Å². The summed E-state index contributed by atoms with van der Waals surface area (Å²) in [6, 6.07) is 13.2. The molecule has 0 fully saturated rings. The molecule has 1 heterocycles. The van der Waals surface area contributed by atoms with Crippen LogP contribution in [0.15, 0.2) is 53.9 Å². The number of amides is 1. The summed E-state index contributed by atoms with van der Waals surface area (Å²) in [5.41, 5.74) is 1.95. The summed E-state index contributed by atoms with van der Waals surface area (Å²) < 4.78 is 18.8. The minimum atomic E-state index is -0.448. The van der Waals surface area contributed by atoms with E-state index in [1.54, 1.807) is 6.07 Å². The molecule has 1 amide bonds. The molecule has 1 N–H and O–H groups in total. The number of benzene rings is 2. The van der Waals surface area contributed by atoms with Gasteiger partial charge in [0.2, 0.25) is 0 Å². The highest BCUT2D eigenvalue weighted by molar-refractivity contribution is 7.14. The van der Waals surface area contributed by atoms with Crippen LogP contribution in [0.3, 0.4) is 0 Å². The number of aromatic nitrogens is 1. The number of nitrogens with one attached hydrogen (secondary N) is 1. The molecular formula is C19H17FN2O2S. The standard InChI is InChI=1S/C19H17FN2O2S/c1-12(2)24-16-8-6-13(7-9-16)17-11-25-19(21-17)22-18(23)14-4-3-5-15(20)10-14/h3-12H,1-2H3,(H,21,22,23). The first kappa shape index (κ1) is 17.1. The number of carbonyl (C=O) groups is 1. The van der Waals surface area contributed by atoms with Gasteiger partial charge in [0.1, 0.15) is 11.6 Å². The molecule has 0 aliphatic rings. The van der Waals surface area contributed by atoms with E-state index in [0.29, 0.717) is 5.13 Å². The summed E-state index contributed by atoms with van der Waals surface area (Å²) in [4.78, 5) is 16.5. The molecule has 0 spiro atoms. The van der Waals surface area contributed by atoms with Crippen molar-refractivity contribution in [2.75, 3.05) is 5.32 Å². The molecule has 4 nitrogen and oxygen atoms in total. The Morgan fingerprint density at radius 2 is 1.96 bits per heavy atom. The van der Waals surface area contributed by atoms with Crippen LogP contribution in [-0.2, 0) is 0 Å². The zero-order chi connectivity index (χ0) is 17.8. The minimum absolute atomic E-state index is 0.120. The van der Waals surface area contributed by atoms with Crippen LogP contribution >= 0.6 is 11.3 Å². The lowest BCUT2D eigenvalue weighted by atomic mass is 10.2. The maximum Gasteiger partial charge on any atom is 0.257 e. The molecule has 0 aliphatic heterocycles. The molecule has 0 atom stereocenters. The van der Waals surface area contributed by atoms with E-state index in [4.69, 9.17) is 4.74 Å². The predicted molar refractivity (Wildman–Crippen MR) is 97.7 cm³/mol. The molecule has 0 bridgehead atoms. The molecule has 0 saturated carbocycles. The Morgan fingerprint density at radius 1 is 1.20 bits per heavy atom. The molecule has 128 valence electrons. The Kier molecular flexibility index (Phi) is 5.09. The number of carbonyl (C=O) groups excluding carboxylic acids is 1. The van der Waals surface area contributed by atoms with Gasteiger partial charge in [0.15, 0.2) is 5.13 Å². The highest BCUT2D eigenvalue weighted by Crippen LogP contribution is 2.27. The fourth-order valence-electron chi connectivity index (χ4n) is 2.24. The molecule has 3 rings (SSSR count). The van der Waals surface area contributed by atoms with E-state index in [0.717, 1.165) is 17.0 Å². The van der Waals surface area contributed by atoms with Gasteiger partial charge in [0.05, 0.1) is 11.8 Å². The van der Waals surface area contributed by atoms with Gasteiger partial charge in [-0.1, -0.05) is 6.07 Å². The number of hydrogen-bond acceptors (Lipinski definition) is 4. The number of nitrogens with zero attached hydrogens (tertiary/aromatic N) is 1. The number of ether oxygens (including phenoxy) is 1. The Bertz CT molecular complexity index is 875. The first-order valence-electron chi connectivity index (χ1n) is 7.81. The summed E-state index contributed by atoms with van der Waals surface area (Å²) in [6.45, 7) is 3.95. The van der Waals surface area contributed by atoms with Crippen molar-refractivity contribution in [1.82, 2.24) is 4.98 Å². The Hall–Kier alpha value is -2.73. The van der Waals surface area contributed by atoms with Crippen LogP contribution in [0.2, 0.25) is 0 Å². The number of halogens is 1. The summed E-state index contributed by atoms with van der Waals surface area (Å²) in [7, 11) is 0. The van der Waals surface area contributed by atoms with Crippen LogP contribution in [0.5, 0.6) is 5.75 Å². The fourth-order valence-corrected chi connectivity index (χ4v) is 2.95. The average molecular weight is 356 g/mol. The molecule has 0 unspecified atom stereocenters. The summed E-state index contributed by atoms with van der Waals surface area (Å²) >= 11 is 1.32. The molecule has 1 aromatic heterocycles. The lowest BCUT2D eigenvalue weighted by molar-refractivity contribution is 0.102. The van der Waals surface area contributed by atoms with E-state index >= 15 is 0 Å². The molecule has 0 saturated heterocycles. The van der Waals surface area contributed by atoms with Crippen LogP contribution in [-0.4, -0.2) is 17.0 Å². The second kappa shape index (κ2) is 7.44. The fraction of sp³-hybridized carbons (Fsp3) is 0.158. The molecule has 0 aliphatic carbocycles. The molecule has 0 radical (unpaired) electrons. The first-order chi connectivity index (χ1) is 12.0. The topological polar surface area (TPSA) is 51.2 Å². The summed E-state index contributed by atoms with van der Waals surface area (Å²) in [6.07, 6.45) is 0.120. The number of anilines is 1. The van der Waals surface area contributed by atoms with Crippen LogP contribution in [0.4, 0.5) is 9.52 Å². The Labute approximate surface area is 149 Å². The first-order valence-corrected chi connectivity index (χ1v) is 8.69. The van der Waals surface area contributed by atoms with Crippen molar-refractivity contribution in [3.05, 3.63) is 65.3 Å². The van der Waals surface area contributed by atoms with Crippen LogP contribution in [0, 0.1) is 5.82 Å². The predicted octanol–water partition coefficient (Wildman–Crippen LogP) is 4.99. The molecule has 25 heavy (non-hydrogen) atoms. The van der Waals surface area contributed by atoms with Gasteiger partial charge in [-0.15, -0.1) is 11.3 Å². The number of hydrogen-bond donors (Lipinski definition) is 1. The van der Waals surface area contributed by atoms with Gasteiger partial charge in [-0.3, -0.25) is 10.1 Å². The summed E-state index contributed by atoms with van der Waals surface area (Å²) in [5.74, 6) is -0.0362. The van der Waals surface area contributed by atoms with Crippen LogP contribution in [0.1, 0.15) is 24.2 Å². The van der Waals surface area contributed by atoms with Gasteiger partial charge in [-0.25, -0.2) is 9.37 Å². The highest BCUT2D eigenvalue weighted by atomic mass is 32.1. The maximum atomic E-state index is 13.2.